The fourth-order valence-electron chi connectivity index (χ4n) is 3.34. The predicted molar refractivity (Wildman–Crippen MR) is 126 cm³/mol. The summed E-state index contributed by atoms with van der Waals surface area (Å²) in [4.78, 5) is 6.49. The Kier molecular flexibility index (Phi) is 6.88. The molecule has 2 atom stereocenters. The van der Waals surface area contributed by atoms with Crippen molar-refractivity contribution in [3.05, 3.63) is 89.8 Å². The minimum atomic E-state index is 0.111. The second kappa shape index (κ2) is 9.56. The third kappa shape index (κ3) is 5.23. The van der Waals surface area contributed by atoms with E-state index in [0.29, 0.717) is 6.04 Å². The van der Waals surface area contributed by atoms with Gasteiger partial charge in [-0.25, -0.2) is 0 Å². The normalized spacial score (nSPS) is 19.4. The Bertz CT molecular complexity index is 902. The summed E-state index contributed by atoms with van der Waals surface area (Å²) in [6.07, 6.45) is 11.2. The van der Waals surface area contributed by atoms with Crippen molar-refractivity contribution >= 4 is 22.6 Å². The van der Waals surface area contributed by atoms with Gasteiger partial charge in [0.05, 0.1) is 6.04 Å². The highest BCUT2D eigenvalue weighted by Crippen LogP contribution is 2.28. The molecule has 0 amide bonds. The second-order valence-electron chi connectivity index (χ2n) is 7.15. The summed E-state index contributed by atoms with van der Waals surface area (Å²) >= 11 is 0. The van der Waals surface area contributed by atoms with Gasteiger partial charge in [-0.05, 0) is 48.2 Å². The summed E-state index contributed by atoms with van der Waals surface area (Å²) < 4.78 is 2.12. The van der Waals surface area contributed by atoms with E-state index < -0.39 is 0 Å². The molecular weight excluding hydrogens is 362 g/mol. The summed E-state index contributed by atoms with van der Waals surface area (Å²) in [6, 6.07) is 13.2. The van der Waals surface area contributed by atoms with E-state index >= 15 is 0 Å². The SMILES string of the molecule is C=C(Cc1ccc(-n2cccc2)cc1)N(C/C(C)=C/C=NC)C1C=CS(=C)C1. The molecule has 0 radical (unpaired) electrons. The third-order valence-corrected chi connectivity index (χ3v) is 6.17. The summed E-state index contributed by atoms with van der Waals surface area (Å²) in [6.45, 7) is 7.44. The lowest BCUT2D eigenvalue weighted by atomic mass is 10.1. The molecule has 1 aliphatic rings. The zero-order chi connectivity index (χ0) is 19.9. The molecule has 0 fully saturated rings. The highest BCUT2D eigenvalue weighted by molar-refractivity contribution is 8.16. The largest absolute Gasteiger partial charge is 0.364 e. The number of rotatable bonds is 8. The minimum absolute atomic E-state index is 0.111. The lowest BCUT2D eigenvalue weighted by molar-refractivity contribution is 0.332. The standard InChI is InChI=1S/C24H29N3S/c1-20(11-13-25-3)18-27(24-12-16-28(4)19-24)21(2)17-22-7-9-23(10-8-22)26-14-5-6-15-26/h5-16,24H,2,4,17-19H2,1,3H3/b20-11+,25-13?. The van der Waals surface area contributed by atoms with Gasteiger partial charge in [-0.15, -0.1) is 0 Å². The molecule has 4 heteroatoms. The molecule has 146 valence electrons. The van der Waals surface area contributed by atoms with E-state index in [1.807, 2.05) is 18.3 Å². The predicted octanol–water partition coefficient (Wildman–Crippen LogP) is 5.08. The Morgan fingerprint density at radius 2 is 2.00 bits per heavy atom. The zero-order valence-corrected chi connectivity index (χ0v) is 17.6. The van der Waals surface area contributed by atoms with Crippen molar-refractivity contribution in [1.82, 2.24) is 9.47 Å². The maximum absolute atomic E-state index is 4.43. The van der Waals surface area contributed by atoms with Gasteiger partial charge in [-0.2, -0.15) is 10.5 Å². The molecule has 0 N–H and O–H groups in total. The van der Waals surface area contributed by atoms with Gasteiger partial charge in [0.15, 0.2) is 0 Å². The number of allylic oxidation sites excluding steroid dienone is 2. The highest BCUT2D eigenvalue weighted by Gasteiger charge is 2.21. The van der Waals surface area contributed by atoms with Crippen LogP contribution in [0.25, 0.3) is 5.69 Å². The van der Waals surface area contributed by atoms with Gasteiger partial charge in [-0.1, -0.05) is 36.2 Å². The molecule has 1 aromatic carbocycles. The number of hydrogen-bond donors (Lipinski definition) is 0. The highest BCUT2D eigenvalue weighted by atomic mass is 32.2. The van der Waals surface area contributed by atoms with E-state index in [2.05, 4.69) is 88.1 Å². The van der Waals surface area contributed by atoms with Gasteiger partial charge in [0.1, 0.15) is 0 Å². The van der Waals surface area contributed by atoms with Crippen LogP contribution in [0.4, 0.5) is 0 Å². The first-order chi connectivity index (χ1) is 13.6. The van der Waals surface area contributed by atoms with Crippen molar-refractivity contribution in [2.75, 3.05) is 19.3 Å². The molecule has 0 saturated carbocycles. The molecular formula is C24H29N3S. The molecule has 3 rings (SSSR count). The monoisotopic (exact) mass is 391 g/mol. The molecule has 2 heterocycles. The molecule has 1 aliphatic heterocycles. The van der Waals surface area contributed by atoms with Crippen LogP contribution >= 0.6 is 10.5 Å². The van der Waals surface area contributed by atoms with Crippen molar-refractivity contribution in [2.45, 2.75) is 19.4 Å². The topological polar surface area (TPSA) is 20.5 Å². The third-order valence-electron chi connectivity index (χ3n) is 4.86. The van der Waals surface area contributed by atoms with Crippen LogP contribution in [-0.4, -0.2) is 46.9 Å². The van der Waals surface area contributed by atoms with E-state index in [-0.39, 0.29) is 10.5 Å². The Hall–Kier alpha value is -2.59. The lowest BCUT2D eigenvalue weighted by Gasteiger charge is -2.32. The van der Waals surface area contributed by atoms with E-state index in [1.54, 1.807) is 7.05 Å². The Labute approximate surface area is 171 Å². The quantitative estimate of drug-likeness (QED) is 0.454. The molecule has 28 heavy (non-hydrogen) atoms. The van der Waals surface area contributed by atoms with Crippen LogP contribution in [0, 0.1) is 0 Å². The Morgan fingerprint density at radius 3 is 2.61 bits per heavy atom. The average Bonchev–Trinajstić information content (AvgIpc) is 3.37. The second-order valence-corrected chi connectivity index (χ2v) is 8.83. The van der Waals surface area contributed by atoms with Crippen LogP contribution in [-0.2, 0) is 6.42 Å². The van der Waals surface area contributed by atoms with E-state index in [9.17, 15) is 0 Å². The molecule has 0 saturated heterocycles. The summed E-state index contributed by atoms with van der Waals surface area (Å²) in [5.41, 5.74) is 4.87. The fourth-order valence-corrected chi connectivity index (χ4v) is 4.59. The molecule has 2 aromatic rings. The van der Waals surface area contributed by atoms with Crippen LogP contribution in [0.15, 0.2) is 89.2 Å². The van der Waals surface area contributed by atoms with Crippen molar-refractivity contribution in [2.24, 2.45) is 4.99 Å². The van der Waals surface area contributed by atoms with E-state index in [1.165, 1.54) is 16.8 Å². The number of benzene rings is 1. The maximum atomic E-state index is 4.43. The van der Waals surface area contributed by atoms with Crippen LogP contribution in [0.2, 0.25) is 0 Å². The molecule has 0 spiro atoms. The van der Waals surface area contributed by atoms with Gasteiger partial charge in [-0.3, -0.25) is 4.99 Å². The molecule has 3 nitrogen and oxygen atoms in total. The van der Waals surface area contributed by atoms with Gasteiger partial charge in [0.2, 0.25) is 0 Å². The van der Waals surface area contributed by atoms with Gasteiger partial charge >= 0.3 is 0 Å². The smallest absolute Gasteiger partial charge is 0.0570 e. The van der Waals surface area contributed by atoms with Crippen LogP contribution in [0.3, 0.4) is 0 Å². The summed E-state index contributed by atoms with van der Waals surface area (Å²) in [7, 11) is 1.91. The van der Waals surface area contributed by atoms with Gasteiger partial charge < -0.3 is 9.47 Å². The van der Waals surface area contributed by atoms with Crippen molar-refractivity contribution in [3.8, 4) is 5.69 Å². The number of nitrogens with zero attached hydrogens (tertiary/aromatic N) is 3. The first-order valence-corrected chi connectivity index (χ1v) is 11.1. The molecule has 0 bridgehead atoms. The Morgan fingerprint density at radius 1 is 1.29 bits per heavy atom. The lowest BCUT2D eigenvalue weighted by Crippen LogP contribution is -2.35. The number of aliphatic imine (C=N–C) groups is 1. The maximum Gasteiger partial charge on any atom is 0.0570 e. The van der Waals surface area contributed by atoms with Crippen LogP contribution in [0.1, 0.15) is 12.5 Å². The number of hydrogen-bond acceptors (Lipinski definition) is 2. The van der Waals surface area contributed by atoms with E-state index in [4.69, 9.17) is 0 Å². The molecule has 1 aromatic heterocycles. The Balaban J connectivity index is 1.73. The summed E-state index contributed by atoms with van der Waals surface area (Å²) in [5, 5.41) is 2.24. The van der Waals surface area contributed by atoms with Gasteiger partial charge in [0.25, 0.3) is 0 Å². The fraction of sp³-hybridized carbons (Fsp3) is 0.250. The van der Waals surface area contributed by atoms with Gasteiger partial charge in [0, 0.05) is 55.8 Å². The minimum Gasteiger partial charge on any atom is -0.364 e. The molecule has 0 aliphatic carbocycles. The van der Waals surface area contributed by atoms with Crippen LogP contribution < -0.4 is 0 Å². The molecule has 2 unspecified atom stereocenters. The van der Waals surface area contributed by atoms with Crippen molar-refractivity contribution < 1.29 is 0 Å². The first-order valence-electron chi connectivity index (χ1n) is 9.49. The van der Waals surface area contributed by atoms with Crippen molar-refractivity contribution in [3.63, 3.8) is 0 Å². The van der Waals surface area contributed by atoms with Crippen LogP contribution in [0.5, 0.6) is 0 Å². The first kappa shape index (κ1) is 20.2. The number of aromatic nitrogens is 1. The summed E-state index contributed by atoms with van der Waals surface area (Å²) in [5.74, 6) is 5.29. The van der Waals surface area contributed by atoms with Crippen molar-refractivity contribution in [1.29, 1.82) is 0 Å². The average molecular weight is 392 g/mol. The van der Waals surface area contributed by atoms with E-state index in [0.717, 1.165) is 24.4 Å². The zero-order valence-electron chi connectivity index (χ0n) is 16.8.